The molecule has 347 valence electrons. The van der Waals surface area contributed by atoms with Gasteiger partial charge < -0.3 is 119 Å². The third-order valence-electron chi connectivity index (χ3n) is 11.2. The van der Waals surface area contributed by atoms with Gasteiger partial charge in [-0.15, -0.1) is 6.58 Å². The summed E-state index contributed by atoms with van der Waals surface area (Å²) in [6.07, 6.45) is -36.6. The molecule has 5 fully saturated rings. The zero-order valence-corrected chi connectivity index (χ0v) is 37.7. The van der Waals surface area contributed by atoms with Gasteiger partial charge >= 0.3 is 0 Å². The SMILES string of the molecule is C=CCOC1OC(CO)[C@H](O)C(O[C@@H]2OC(CO)[C@@H](O[C@@H]3OC(CO)[C@H](O)C(O)C3O[C@@H]3OC(C)[C@@H](O)C(O)C3O)C(OCC[C@@H]3OC(C)[C@@H](O)C(O)C3O)C2[NH-])C1O.[Ac]. The Morgan fingerprint density at radius 3 is 1.62 bits per heavy atom. The van der Waals surface area contributed by atoms with Crippen LogP contribution in [-0.2, 0) is 47.4 Å². The van der Waals surface area contributed by atoms with Gasteiger partial charge in [0.1, 0.15) is 104 Å². The largest absolute Gasteiger partial charge is 0.668 e. The van der Waals surface area contributed by atoms with E-state index in [1.807, 2.05) is 0 Å². The first-order valence-electron chi connectivity index (χ1n) is 19.4. The van der Waals surface area contributed by atoms with Crippen LogP contribution in [0.4, 0.5) is 0 Å². The molecular formula is C35H60AcNO23-. The van der Waals surface area contributed by atoms with Crippen molar-refractivity contribution in [2.45, 2.75) is 174 Å². The molecule has 0 saturated carbocycles. The first-order valence-corrected chi connectivity index (χ1v) is 19.4. The predicted octanol–water partition coefficient (Wildman–Crippen LogP) is -7.17. The molecule has 0 amide bonds. The van der Waals surface area contributed by atoms with E-state index in [-0.39, 0.29) is 63.7 Å². The monoisotopic (exact) mass is 1090 g/mol. The molecule has 0 aromatic heterocycles. The van der Waals surface area contributed by atoms with Crippen molar-refractivity contribution < 1.29 is 158 Å². The van der Waals surface area contributed by atoms with Gasteiger partial charge in [0.2, 0.25) is 0 Å². The smallest absolute Gasteiger partial charge is 0.187 e. The summed E-state index contributed by atoms with van der Waals surface area (Å²) in [5.74, 6) is 0. The minimum Gasteiger partial charge on any atom is -0.668 e. The molecule has 25 heteroatoms. The minimum absolute atomic E-state index is 0. The molecule has 5 rings (SSSR count). The van der Waals surface area contributed by atoms with Crippen LogP contribution in [0.3, 0.4) is 0 Å². The number of ether oxygens (including phenoxy) is 10. The van der Waals surface area contributed by atoms with Crippen molar-refractivity contribution >= 4 is 0 Å². The Hall–Kier alpha value is 0.222. The third-order valence-corrected chi connectivity index (χ3v) is 11.2. The van der Waals surface area contributed by atoms with E-state index in [9.17, 15) is 72.1 Å². The van der Waals surface area contributed by atoms with E-state index in [0.717, 1.165) is 0 Å². The molecule has 0 spiro atoms. The summed E-state index contributed by atoms with van der Waals surface area (Å²) >= 11 is 0. The molecule has 0 aromatic rings. The van der Waals surface area contributed by atoms with Crippen molar-refractivity contribution in [1.82, 2.24) is 0 Å². The normalized spacial score (nSPS) is 50.2. The fraction of sp³-hybridized carbons (Fsp3) is 0.943. The first kappa shape index (κ1) is 52.8. The van der Waals surface area contributed by atoms with Crippen LogP contribution in [0, 0.1) is 44.1 Å². The summed E-state index contributed by atoms with van der Waals surface area (Å²) in [7, 11) is 0. The van der Waals surface area contributed by atoms with E-state index in [1.54, 1.807) is 0 Å². The molecule has 5 aliphatic rings. The van der Waals surface area contributed by atoms with Gasteiger partial charge in [0.15, 0.2) is 18.9 Å². The summed E-state index contributed by atoms with van der Waals surface area (Å²) in [6.45, 7) is 3.41. The Morgan fingerprint density at radius 2 is 1.00 bits per heavy atom. The number of hydrogen-bond acceptors (Lipinski definition) is 23. The van der Waals surface area contributed by atoms with Crippen LogP contribution in [-0.4, -0.2) is 253 Å². The summed E-state index contributed by atoms with van der Waals surface area (Å²) in [5, 5.41) is 137. The average molecular weight is 1090 g/mol. The number of aliphatic hydroxyl groups is 13. The van der Waals surface area contributed by atoms with Crippen LogP contribution < -0.4 is 0 Å². The number of rotatable bonds is 16. The molecule has 60 heavy (non-hydrogen) atoms. The van der Waals surface area contributed by atoms with Crippen molar-refractivity contribution in [2.75, 3.05) is 33.0 Å². The van der Waals surface area contributed by atoms with Crippen molar-refractivity contribution in [1.29, 1.82) is 0 Å². The fourth-order valence-corrected chi connectivity index (χ4v) is 7.64. The molecule has 0 aliphatic carbocycles. The van der Waals surface area contributed by atoms with Crippen molar-refractivity contribution in [2.24, 2.45) is 0 Å². The second-order valence-corrected chi connectivity index (χ2v) is 15.2. The molecule has 14 N–H and O–H groups in total. The Morgan fingerprint density at radius 1 is 0.483 bits per heavy atom. The van der Waals surface area contributed by atoms with Crippen LogP contribution >= 0.6 is 0 Å². The Labute approximate surface area is 380 Å². The van der Waals surface area contributed by atoms with Gasteiger partial charge in [0.05, 0.1) is 50.8 Å². The summed E-state index contributed by atoms with van der Waals surface area (Å²) in [5.41, 5.74) is 9.27. The van der Waals surface area contributed by atoms with Crippen molar-refractivity contribution in [3.63, 3.8) is 0 Å². The molecular weight excluding hydrogens is 1030 g/mol. The van der Waals surface area contributed by atoms with Gasteiger partial charge in [-0.3, -0.25) is 0 Å². The predicted molar refractivity (Wildman–Crippen MR) is 189 cm³/mol. The van der Waals surface area contributed by atoms with Crippen LogP contribution in [0.15, 0.2) is 12.7 Å². The number of nitrogens with one attached hydrogen (secondary N) is 1. The van der Waals surface area contributed by atoms with Gasteiger partial charge in [-0.25, -0.2) is 0 Å². The maximum Gasteiger partial charge on any atom is 0.187 e. The van der Waals surface area contributed by atoms with Gasteiger partial charge in [0.25, 0.3) is 0 Å². The van der Waals surface area contributed by atoms with Crippen LogP contribution in [0.2, 0.25) is 0 Å². The zero-order chi connectivity index (χ0) is 43.5. The molecule has 24 nitrogen and oxygen atoms in total. The van der Waals surface area contributed by atoms with E-state index >= 15 is 0 Å². The molecule has 1 radical (unpaired) electrons. The molecule has 25 atom stereocenters. The Balaban J connectivity index is 0.00000794. The molecule has 16 unspecified atom stereocenters. The van der Waals surface area contributed by atoms with E-state index in [1.165, 1.54) is 19.9 Å². The van der Waals surface area contributed by atoms with Gasteiger partial charge in [-0.05, 0) is 20.3 Å². The maximum atomic E-state index is 11.2. The molecule has 0 aromatic carbocycles. The standard InChI is InChI=1S/C35H60NO23.Ac/c1-4-6-51-33-27(49)30(22(44)15(9-38)54-33)58-32-17(36)29(50-7-5-13-20(42)23(45)18(40)11(2)52-13)28(16(10-39)56-32)57-35-31(25(47)21(43)14(8-37)55-35)59-34-26(48)24(46)19(41)12(3)53-34;/h4,11-49H,1,5-10H2,2-3H3;/q-1;/t11?,12?,13-,14?,15?,16?,17?,18+,19+,20?,21-,22-,23?,24?,25?,26?,27?,28+,29?,30?,31?,32-,33?,34-,35-;/m0./s1. The Kier molecular flexibility index (Phi) is 20.8. The Bertz CT molecular complexity index is 1300. The van der Waals surface area contributed by atoms with Gasteiger partial charge in [-0.2, -0.15) is 0 Å². The molecule has 5 saturated heterocycles. The zero-order valence-electron chi connectivity index (χ0n) is 32.9. The molecule has 5 aliphatic heterocycles. The summed E-state index contributed by atoms with van der Waals surface area (Å²) in [6, 6.07) is -1.72. The van der Waals surface area contributed by atoms with Crippen LogP contribution in [0.5, 0.6) is 0 Å². The summed E-state index contributed by atoms with van der Waals surface area (Å²) in [4.78, 5) is 0. The van der Waals surface area contributed by atoms with Crippen LogP contribution in [0.1, 0.15) is 20.3 Å². The quantitative estimate of drug-likeness (QED) is 0.0639. The second kappa shape index (κ2) is 23.6. The molecule has 5 heterocycles. The first-order chi connectivity index (χ1) is 28.0. The van der Waals surface area contributed by atoms with Crippen molar-refractivity contribution in [3.8, 4) is 0 Å². The van der Waals surface area contributed by atoms with Gasteiger partial charge in [0, 0.05) is 50.7 Å². The fourth-order valence-electron chi connectivity index (χ4n) is 7.64. The maximum absolute atomic E-state index is 11.2. The topological polar surface area (TPSA) is 379 Å². The van der Waals surface area contributed by atoms with E-state index in [2.05, 4.69) is 6.58 Å². The number of aliphatic hydroxyl groups excluding tert-OH is 13. The van der Waals surface area contributed by atoms with E-state index in [0.29, 0.717) is 0 Å². The summed E-state index contributed by atoms with van der Waals surface area (Å²) < 4.78 is 57.9. The van der Waals surface area contributed by atoms with Crippen molar-refractivity contribution in [3.05, 3.63) is 18.4 Å². The average Bonchev–Trinajstić information content (AvgIpc) is 3.22. The van der Waals surface area contributed by atoms with Crippen LogP contribution in [0.25, 0.3) is 5.73 Å². The molecule has 0 bridgehead atoms. The second-order valence-electron chi connectivity index (χ2n) is 15.2. The minimum atomic E-state index is -1.94. The number of hydrogen-bond donors (Lipinski definition) is 13. The van der Waals surface area contributed by atoms with E-state index in [4.69, 9.17) is 47.4 Å². The van der Waals surface area contributed by atoms with E-state index < -0.39 is 173 Å². The van der Waals surface area contributed by atoms with Gasteiger partial charge in [-0.1, -0.05) is 12.1 Å². The third kappa shape index (κ3) is 11.6.